The summed E-state index contributed by atoms with van der Waals surface area (Å²) in [5.74, 6) is 0.597. The number of likely N-dealkylation sites (tertiary alicyclic amines) is 1. The predicted molar refractivity (Wildman–Crippen MR) is 53.2 cm³/mol. The summed E-state index contributed by atoms with van der Waals surface area (Å²) >= 11 is 0. The molecule has 14 heavy (non-hydrogen) atoms. The van der Waals surface area contributed by atoms with Gasteiger partial charge in [-0.3, -0.25) is 0 Å². The van der Waals surface area contributed by atoms with E-state index >= 15 is 0 Å². The van der Waals surface area contributed by atoms with Crippen LogP contribution in [0.1, 0.15) is 32.6 Å². The van der Waals surface area contributed by atoms with Crippen molar-refractivity contribution in [1.82, 2.24) is 4.90 Å². The standard InChI is InChI=1S/C10H19NO3/c1-8(12)2-3-9-4-6-11(7-5-9)10(13)14/h8-9,12H,2-7H2,1H3,(H,13,14). The van der Waals surface area contributed by atoms with E-state index in [-0.39, 0.29) is 6.10 Å². The van der Waals surface area contributed by atoms with Crippen LogP contribution in [-0.4, -0.2) is 40.4 Å². The molecule has 2 N–H and O–H groups in total. The van der Waals surface area contributed by atoms with Crippen LogP contribution < -0.4 is 0 Å². The molecule has 4 nitrogen and oxygen atoms in total. The maximum absolute atomic E-state index is 10.6. The van der Waals surface area contributed by atoms with Crippen molar-refractivity contribution in [2.75, 3.05) is 13.1 Å². The van der Waals surface area contributed by atoms with E-state index in [9.17, 15) is 4.79 Å². The van der Waals surface area contributed by atoms with Crippen LogP contribution in [0.4, 0.5) is 4.79 Å². The van der Waals surface area contributed by atoms with E-state index in [0.29, 0.717) is 19.0 Å². The molecule has 0 spiro atoms. The Kier molecular flexibility index (Phi) is 4.20. The number of amides is 1. The minimum Gasteiger partial charge on any atom is -0.465 e. The molecule has 0 aliphatic carbocycles. The molecule has 1 aliphatic rings. The van der Waals surface area contributed by atoms with Crippen LogP contribution in [0.5, 0.6) is 0 Å². The maximum atomic E-state index is 10.6. The fourth-order valence-electron chi connectivity index (χ4n) is 1.89. The molecule has 0 bridgehead atoms. The molecule has 1 heterocycles. The van der Waals surface area contributed by atoms with E-state index in [4.69, 9.17) is 10.2 Å². The molecule has 0 radical (unpaired) electrons. The largest absolute Gasteiger partial charge is 0.465 e. The lowest BCUT2D eigenvalue weighted by Gasteiger charge is -2.30. The topological polar surface area (TPSA) is 60.8 Å². The maximum Gasteiger partial charge on any atom is 0.407 e. The zero-order valence-electron chi connectivity index (χ0n) is 8.65. The molecule has 1 saturated heterocycles. The minimum absolute atomic E-state index is 0.229. The number of carboxylic acid groups (broad SMARTS) is 1. The highest BCUT2D eigenvalue weighted by Gasteiger charge is 2.21. The van der Waals surface area contributed by atoms with Crippen LogP contribution in [-0.2, 0) is 0 Å². The normalized spacial score (nSPS) is 20.9. The van der Waals surface area contributed by atoms with Gasteiger partial charge in [0.05, 0.1) is 6.10 Å². The van der Waals surface area contributed by atoms with Crippen molar-refractivity contribution >= 4 is 6.09 Å². The van der Waals surface area contributed by atoms with Crippen molar-refractivity contribution in [1.29, 1.82) is 0 Å². The van der Waals surface area contributed by atoms with Crippen LogP contribution >= 0.6 is 0 Å². The van der Waals surface area contributed by atoms with E-state index in [1.165, 1.54) is 4.90 Å². The molecule has 1 aliphatic heterocycles. The highest BCUT2D eigenvalue weighted by Crippen LogP contribution is 2.22. The number of rotatable bonds is 3. The van der Waals surface area contributed by atoms with Crippen LogP contribution in [0.3, 0.4) is 0 Å². The summed E-state index contributed by atoms with van der Waals surface area (Å²) in [5.41, 5.74) is 0. The summed E-state index contributed by atoms with van der Waals surface area (Å²) in [6, 6.07) is 0. The minimum atomic E-state index is -0.807. The zero-order valence-corrected chi connectivity index (χ0v) is 8.65. The summed E-state index contributed by atoms with van der Waals surface area (Å²) in [4.78, 5) is 12.1. The van der Waals surface area contributed by atoms with Crippen molar-refractivity contribution in [2.24, 2.45) is 5.92 Å². The summed E-state index contributed by atoms with van der Waals surface area (Å²) in [7, 11) is 0. The number of aliphatic hydroxyl groups excluding tert-OH is 1. The Morgan fingerprint density at radius 1 is 1.50 bits per heavy atom. The Morgan fingerprint density at radius 3 is 2.50 bits per heavy atom. The molecule has 0 aromatic heterocycles. The number of hydrogen-bond donors (Lipinski definition) is 2. The van der Waals surface area contributed by atoms with Crippen molar-refractivity contribution in [2.45, 2.75) is 38.7 Å². The van der Waals surface area contributed by atoms with Crippen LogP contribution in [0.2, 0.25) is 0 Å². The Balaban J connectivity index is 2.19. The molecular weight excluding hydrogens is 182 g/mol. The van der Waals surface area contributed by atoms with Gasteiger partial charge in [0.25, 0.3) is 0 Å². The van der Waals surface area contributed by atoms with Gasteiger partial charge in [-0.05, 0) is 38.5 Å². The first-order chi connectivity index (χ1) is 6.59. The summed E-state index contributed by atoms with van der Waals surface area (Å²) < 4.78 is 0. The lowest BCUT2D eigenvalue weighted by atomic mass is 9.91. The SMILES string of the molecule is CC(O)CCC1CCN(C(=O)O)CC1. The van der Waals surface area contributed by atoms with Crippen molar-refractivity contribution in [3.63, 3.8) is 0 Å². The van der Waals surface area contributed by atoms with Crippen LogP contribution in [0.15, 0.2) is 0 Å². The number of aliphatic hydroxyl groups is 1. The van der Waals surface area contributed by atoms with Gasteiger partial charge in [-0.25, -0.2) is 4.79 Å². The molecule has 1 fully saturated rings. The highest BCUT2D eigenvalue weighted by molar-refractivity contribution is 5.64. The molecule has 0 aromatic carbocycles. The van der Waals surface area contributed by atoms with Gasteiger partial charge in [0.2, 0.25) is 0 Å². The van der Waals surface area contributed by atoms with Gasteiger partial charge in [-0.15, -0.1) is 0 Å². The fourth-order valence-corrected chi connectivity index (χ4v) is 1.89. The number of piperidine rings is 1. The molecule has 1 unspecified atom stereocenters. The second-order valence-corrected chi connectivity index (χ2v) is 4.14. The summed E-state index contributed by atoms with van der Waals surface area (Å²) in [5, 5.41) is 17.8. The average molecular weight is 201 g/mol. The third-order valence-corrected chi connectivity index (χ3v) is 2.88. The number of nitrogens with zero attached hydrogens (tertiary/aromatic N) is 1. The van der Waals surface area contributed by atoms with Crippen molar-refractivity contribution in [3.8, 4) is 0 Å². The lowest BCUT2D eigenvalue weighted by Crippen LogP contribution is -2.37. The van der Waals surface area contributed by atoms with Gasteiger partial charge in [0.1, 0.15) is 0 Å². The molecular formula is C10H19NO3. The van der Waals surface area contributed by atoms with E-state index in [2.05, 4.69) is 0 Å². The molecule has 1 rings (SSSR count). The first-order valence-electron chi connectivity index (χ1n) is 5.25. The molecule has 0 saturated carbocycles. The predicted octanol–water partition coefficient (Wildman–Crippen LogP) is 1.54. The van der Waals surface area contributed by atoms with E-state index in [1.54, 1.807) is 6.92 Å². The second-order valence-electron chi connectivity index (χ2n) is 4.14. The van der Waals surface area contributed by atoms with E-state index in [1.807, 2.05) is 0 Å². The highest BCUT2D eigenvalue weighted by atomic mass is 16.4. The smallest absolute Gasteiger partial charge is 0.407 e. The third-order valence-electron chi connectivity index (χ3n) is 2.88. The van der Waals surface area contributed by atoms with Gasteiger partial charge >= 0.3 is 6.09 Å². The Labute approximate surface area is 84.5 Å². The van der Waals surface area contributed by atoms with Gasteiger partial charge in [-0.1, -0.05) is 0 Å². The number of carbonyl (C=O) groups is 1. The molecule has 4 heteroatoms. The first kappa shape index (κ1) is 11.3. The van der Waals surface area contributed by atoms with Crippen LogP contribution in [0.25, 0.3) is 0 Å². The van der Waals surface area contributed by atoms with Crippen LogP contribution in [0, 0.1) is 5.92 Å². The van der Waals surface area contributed by atoms with E-state index < -0.39 is 6.09 Å². The summed E-state index contributed by atoms with van der Waals surface area (Å²) in [6.07, 6.45) is 2.70. The lowest BCUT2D eigenvalue weighted by molar-refractivity contribution is 0.116. The third kappa shape index (κ3) is 3.54. The molecule has 1 atom stereocenters. The Bertz CT molecular complexity index is 186. The van der Waals surface area contributed by atoms with Gasteiger partial charge in [0.15, 0.2) is 0 Å². The first-order valence-corrected chi connectivity index (χ1v) is 5.25. The number of hydrogen-bond acceptors (Lipinski definition) is 2. The second kappa shape index (κ2) is 5.20. The van der Waals surface area contributed by atoms with Gasteiger partial charge in [0, 0.05) is 13.1 Å². The van der Waals surface area contributed by atoms with Crippen molar-refractivity contribution in [3.05, 3.63) is 0 Å². The fraction of sp³-hybridized carbons (Fsp3) is 0.900. The average Bonchev–Trinajstić information content (AvgIpc) is 2.15. The summed E-state index contributed by atoms with van der Waals surface area (Å²) in [6.45, 7) is 3.10. The molecule has 1 amide bonds. The molecule has 0 aromatic rings. The van der Waals surface area contributed by atoms with E-state index in [0.717, 1.165) is 25.7 Å². The van der Waals surface area contributed by atoms with Crippen molar-refractivity contribution < 1.29 is 15.0 Å². The quantitative estimate of drug-likeness (QED) is 0.728. The monoisotopic (exact) mass is 201 g/mol. The van der Waals surface area contributed by atoms with Gasteiger partial charge in [-0.2, -0.15) is 0 Å². The Morgan fingerprint density at radius 2 is 2.07 bits per heavy atom. The Hall–Kier alpha value is -0.770. The zero-order chi connectivity index (χ0) is 10.6. The van der Waals surface area contributed by atoms with Gasteiger partial charge < -0.3 is 15.1 Å². The molecule has 82 valence electrons.